The summed E-state index contributed by atoms with van der Waals surface area (Å²) in [7, 11) is 1.39. The van der Waals surface area contributed by atoms with Gasteiger partial charge in [-0.15, -0.1) is 0 Å². The van der Waals surface area contributed by atoms with Crippen LogP contribution < -0.4 is 0 Å². The average molecular weight is 300 g/mol. The quantitative estimate of drug-likeness (QED) is 0.743. The van der Waals surface area contributed by atoms with E-state index < -0.39 is 5.60 Å². The molecule has 2 fully saturated rings. The van der Waals surface area contributed by atoms with E-state index in [4.69, 9.17) is 4.74 Å². The molecule has 5 heteroatoms. The molecule has 0 spiro atoms. The maximum atomic E-state index is 11.8. The molecule has 1 aromatic rings. The summed E-state index contributed by atoms with van der Waals surface area (Å²) in [5.74, 6) is 5.96. The third-order valence-corrected chi connectivity index (χ3v) is 4.46. The van der Waals surface area contributed by atoms with Crippen molar-refractivity contribution in [1.29, 1.82) is 0 Å². The lowest BCUT2D eigenvalue weighted by molar-refractivity contribution is -0.00731. The number of ether oxygens (including phenoxy) is 1. The number of amides is 1. The number of hydrogen-bond donors (Lipinski definition) is 1. The molecule has 1 unspecified atom stereocenters. The maximum Gasteiger partial charge on any atom is 0.409 e. The summed E-state index contributed by atoms with van der Waals surface area (Å²) < 4.78 is 4.84. The summed E-state index contributed by atoms with van der Waals surface area (Å²) in [5, 5.41) is 10.8. The molecular weight excluding hydrogens is 280 g/mol. The number of methoxy groups -OCH3 is 1. The predicted molar refractivity (Wildman–Crippen MR) is 81.1 cm³/mol. The lowest BCUT2D eigenvalue weighted by Crippen LogP contribution is -2.52. The van der Waals surface area contributed by atoms with E-state index in [1.54, 1.807) is 4.90 Å². The van der Waals surface area contributed by atoms with Crippen LogP contribution in [-0.2, 0) is 4.74 Å². The molecule has 1 amide bonds. The molecule has 0 aromatic carbocycles. The number of piperidine rings is 1. The summed E-state index contributed by atoms with van der Waals surface area (Å²) in [5.41, 5.74) is 0.512. The first-order valence-electron chi connectivity index (χ1n) is 7.56. The minimum absolute atomic E-state index is 0.0102. The molecule has 1 aromatic heterocycles. The van der Waals surface area contributed by atoms with Crippen molar-refractivity contribution < 1.29 is 14.6 Å². The minimum atomic E-state index is -1.05. The lowest BCUT2D eigenvalue weighted by Gasteiger charge is -2.40. The number of fused-ring (bicyclic) bond motifs is 2. The van der Waals surface area contributed by atoms with Gasteiger partial charge in [-0.3, -0.25) is 0 Å². The third-order valence-electron chi connectivity index (χ3n) is 4.46. The number of carbonyl (C=O) groups excluding carboxylic acids is 1. The normalized spacial score (nSPS) is 29.7. The van der Waals surface area contributed by atoms with Gasteiger partial charge in [-0.2, -0.15) is 0 Å². The second-order valence-electron chi connectivity index (χ2n) is 6.12. The van der Waals surface area contributed by atoms with Crippen LogP contribution in [0.4, 0.5) is 4.79 Å². The first-order valence-corrected chi connectivity index (χ1v) is 7.56. The van der Waals surface area contributed by atoms with E-state index in [1.807, 2.05) is 25.1 Å². The largest absolute Gasteiger partial charge is 0.453 e. The Morgan fingerprint density at radius 2 is 2.09 bits per heavy atom. The Labute approximate surface area is 130 Å². The van der Waals surface area contributed by atoms with Gasteiger partial charge < -0.3 is 14.7 Å². The van der Waals surface area contributed by atoms with Gasteiger partial charge in [0.1, 0.15) is 11.3 Å². The number of rotatable bonds is 0. The molecule has 5 nitrogen and oxygen atoms in total. The zero-order valence-corrected chi connectivity index (χ0v) is 12.9. The van der Waals surface area contributed by atoms with Crippen molar-refractivity contribution in [3.63, 3.8) is 0 Å². The van der Waals surface area contributed by atoms with Crippen molar-refractivity contribution >= 4 is 6.09 Å². The summed E-state index contributed by atoms with van der Waals surface area (Å²) in [6.45, 7) is 1.91. The highest BCUT2D eigenvalue weighted by atomic mass is 16.5. The van der Waals surface area contributed by atoms with Gasteiger partial charge in [-0.1, -0.05) is 12.0 Å². The molecule has 3 heterocycles. The Morgan fingerprint density at radius 3 is 2.68 bits per heavy atom. The molecule has 2 aliphatic heterocycles. The van der Waals surface area contributed by atoms with Crippen molar-refractivity contribution in [2.75, 3.05) is 7.11 Å². The fraction of sp³-hybridized carbons (Fsp3) is 0.529. The first kappa shape index (κ1) is 14.9. The topological polar surface area (TPSA) is 62.7 Å². The fourth-order valence-electron chi connectivity index (χ4n) is 3.52. The highest BCUT2D eigenvalue weighted by molar-refractivity contribution is 5.69. The predicted octanol–water partition coefficient (Wildman–Crippen LogP) is 1.87. The number of pyridine rings is 1. The standard InChI is InChI=1S/C17H20N2O3/c1-12-4-3-5-13(18-12)8-9-17(21)10-14-6-7-15(11-17)19(14)16(20)22-2/h3-5,14-15,21H,6-7,10-11H2,1-2H3/t14-,15+,17?. The molecule has 22 heavy (non-hydrogen) atoms. The number of aryl methyl sites for hydroxylation is 1. The van der Waals surface area contributed by atoms with Crippen molar-refractivity contribution in [3.8, 4) is 11.8 Å². The molecule has 2 bridgehead atoms. The zero-order chi connectivity index (χ0) is 15.7. The Morgan fingerprint density at radius 1 is 1.41 bits per heavy atom. The fourth-order valence-corrected chi connectivity index (χ4v) is 3.52. The number of aromatic nitrogens is 1. The average Bonchev–Trinajstić information content (AvgIpc) is 2.78. The highest BCUT2D eigenvalue weighted by Crippen LogP contribution is 2.40. The van der Waals surface area contributed by atoms with Crippen LogP contribution >= 0.6 is 0 Å². The summed E-state index contributed by atoms with van der Waals surface area (Å²) in [6.07, 6.45) is 2.43. The van der Waals surface area contributed by atoms with Crippen molar-refractivity contribution in [2.24, 2.45) is 0 Å². The number of carbonyl (C=O) groups is 1. The van der Waals surface area contributed by atoms with Gasteiger partial charge in [0, 0.05) is 30.6 Å². The molecule has 0 radical (unpaired) electrons. The van der Waals surface area contributed by atoms with Gasteiger partial charge in [0.2, 0.25) is 0 Å². The first-order chi connectivity index (χ1) is 10.5. The van der Waals surface area contributed by atoms with Crippen LogP contribution in [0, 0.1) is 18.8 Å². The molecule has 0 aliphatic carbocycles. The Kier molecular flexibility index (Phi) is 3.79. The Hall–Kier alpha value is -2.06. The monoisotopic (exact) mass is 300 g/mol. The van der Waals surface area contributed by atoms with Crippen LogP contribution in [0.15, 0.2) is 18.2 Å². The summed E-state index contributed by atoms with van der Waals surface area (Å²) in [6, 6.07) is 5.67. The van der Waals surface area contributed by atoms with Crippen LogP contribution in [0.1, 0.15) is 37.1 Å². The van der Waals surface area contributed by atoms with E-state index in [0.29, 0.717) is 18.5 Å². The van der Waals surface area contributed by atoms with Crippen molar-refractivity contribution in [3.05, 3.63) is 29.6 Å². The van der Waals surface area contributed by atoms with Crippen LogP contribution in [-0.4, -0.2) is 45.9 Å². The van der Waals surface area contributed by atoms with E-state index >= 15 is 0 Å². The maximum absolute atomic E-state index is 11.8. The molecular formula is C17H20N2O3. The zero-order valence-electron chi connectivity index (χ0n) is 12.9. The van der Waals surface area contributed by atoms with Gasteiger partial charge in [0.25, 0.3) is 0 Å². The number of nitrogens with zero attached hydrogens (tertiary/aromatic N) is 2. The molecule has 0 saturated carbocycles. The van der Waals surface area contributed by atoms with E-state index in [0.717, 1.165) is 18.5 Å². The van der Waals surface area contributed by atoms with Crippen molar-refractivity contribution in [2.45, 2.75) is 50.3 Å². The molecule has 1 N–H and O–H groups in total. The van der Waals surface area contributed by atoms with Crippen LogP contribution in [0.2, 0.25) is 0 Å². The van der Waals surface area contributed by atoms with Gasteiger partial charge in [0.05, 0.1) is 7.11 Å². The molecule has 116 valence electrons. The third kappa shape index (κ3) is 2.79. The smallest absolute Gasteiger partial charge is 0.409 e. The van der Waals surface area contributed by atoms with Crippen LogP contribution in [0.3, 0.4) is 0 Å². The second-order valence-corrected chi connectivity index (χ2v) is 6.12. The van der Waals surface area contributed by atoms with Crippen molar-refractivity contribution in [1.82, 2.24) is 9.88 Å². The van der Waals surface area contributed by atoms with E-state index in [1.165, 1.54) is 7.11 Å². The molecule has 2 aliphatic rings. The van der Waals surface area contributed by atoms with Crippen LogP contribution in [0.25, 0.3) is 0 Å². The highest BCUT2D eigenvalue weighted by Gasteiger charge is 2.49. The van der Waals surface area contributed by atoms with E-state index in [2.05, 4.69) is 16.8 Å². The number of aliphatic hydroxyl groups is 1. The summed E-state index contributed by atoms with van der Waals surface area (Å²) in [4.78, 5) is 17.9. The van der Waals surface area contributed by atoms with E-state index in [-0.39, 0.29) is 18.2 Å². The van der Waals surface area contributed by atoms with Gasteiger partial charge >= 0.3 is 6.09 Å². The molecule has 2 saturated heterocycles. The van der Waals surface area contributed by atoms with Crippen LogP contribution in [0.5, 0.6) is 0 Å². The minimum Gasteiger partial charge on any atom is -0.453 e. The summed E-state index contributed by atoms with van der Waals surface area (Å²) >= 11 is 0. The van der Waals surface area contributed by atoms with Gasteiger partial charge in [-0.25, -0.2) is 9.78 Å². The van der Waals surface area contributed by atoms with Gasteiger partial charge in [0.15, 0.2) is 0 Å². The molecule has 3 atom stereocenters. The Bertz CT molecular complexity index is 633. The molecule has 3 rings (SSSR count). The Balaban J connectivity index is 1.78. The van der Waals surface area contributed by atoms with E-state index in [9.17, 15) is 9.90 Å². The SMILES string of the molecule is COC(=O)N1[C@@H]2CC[C@H]1CC(O)(C#Cc1cccc(C)n1)C2. The van der Waals surface area contributed by atoms with Gasteiger partial charge in [-0.05, 0) is 37.8 Å². The second kappa shape index (κ2) is 5.62. The number of hydrogen-bond acceptors (Lipinski definition) is 4. The lowest BCUT2D eigenvalue weighted by atomic mass is 9.86.